The van der Waals surface area contributed by atoms with Crippen molar-refractivity contribution in [1.82, 2.24) is 4.98 Å². The van der Waals surface area contributed by atoms with Crippen LogP contribution >= 0.6 is 12.4 Å². The van der Waals surface area contributed by atoms with Crippen molar-refractivity contribution in [2.45, 2.75) is 19.8 Å². The second kappa shape index (κ2) is 13.2. The number of carbonyl (C=O) groups is 2. The molecule has 0 atom stereocenters. The second-order valence-electron chi connectivity index (χ2n) is 5.91. The summed E-state index contributed by atoms with van der Waals surface area (Å²) in [6.07, 6.45) is 5.34. The van der Waals surface area contributed by atoms with Crippen LogP contribution in [0.3, 0.4) is 0 Å². The summed E-state index contributed by atoms with van der Waals surface area (Å²) < 4.78 is 21.1. The highest BCUT2D eigenvalue weighted by atomic mass is 35.5. The molecule has 1 aromatic carbocycles. The van der Waals surface area contributed by atoms with E-state index in [2.05, 4.69) is 4.98 Å². The van der Waals surface area contributed by atoms with Crippen LogP contribution in [0.2, 0.25) is 0 Å². The third-order valence-corrected chi connectivity index (χ3v) is 3.94. The number of ether oxygens (including phenoxy) is 4. The number of para-hydroxylation sites is 1. The van der Waals surface area contributed by atoms with Crippen LogP contribution in [0.5, 0.6) is 17.2 Å². The number of benzene rings is 1. The molecular weight excluding hydrogens is 410 g/mol. The number of aromatic nitrogens is 1. The van der Waals surface area contributed by atoms with Crippen molar-refractivity contribution in [3.63, 3.8) is 0 Å². The van der Waals surface area contributed by atoms with Gasteiger partial charge in [-0.25, -0.2) is 0 Å². The van der Waals surface area contributed by atoms with Crippen molar-refractivity contribution in [1.29, 1.82) is 0 Å². The molecule has 0 amide bonds. The maximum absolute atomic E-state index is 12.4. The highest BCUT2D eigenvalue weighted by Crippen LogP contribution is 2.27. The summed E-state index contributed by atoms with van der Waals surface area (Å²) in [5, 5.41) is 0. The van der Waals surface area contributed by atoms with E-state index in [-0.39, 0.29) is 30.6 Å². The van der Waals surface area contributed by atoms with Crippen molar-refractivity contribution in [2.24, 2.45) is 0 Å². The largest absolute Gasteiger partial charge is 0.496 e. The SMILES string of the molecule is CCOC(=O)CCCOc1cc(/C=C/C(=O)c2ccccc2OC)ncc1OC.Cl. The average molecular weight is 436 g/mol. The van der Waals surface area contributed by atoms with Crippen LogP contribution in [0, 0.1) is 0 Å². The Labute approximate surface area is 182 Å². The van der Waals surface area contributed by atoms with E-state index < -0.39 is 0 Å². The van der Waals surface area contributed by atoms with Crippen LogP contribution in [0.1, 0.15) is 35.8 Å². The Balaban J connectivity index is 0.00000450. The molecule has 0 aliphatic rings. The quantitative estimate of drug-likeness (QED) is 0.227. The molecule has 0 saturated carbocycles. The molecule has 30 heavy (non-hydrogen) atoms. The molecule has 0 unspecified atom stereocenters. The monoisotopic (exact) mass is 435 g/mol. The van der Waals surface area contributed by atoms with Crippen molar-refractivity contribution >= 4 is 30.2 Å². The molecule has 1 aromatic heterocycles. The minimum atomic E-state index is -0.253. The highest BCUT2D eigenvalue weighted by molar-refractivity contribution is 6.08. The third kappa shape index (κ3) is 7.40. The summed E-state index contributed by atoms with van der Waals surface area (Å²) in [5.41, 5.74) is 1.00. The van der Waals surface area contributed by atoms with E-state index in [0.717, 1.165) is 0 Å². The zero-order valence-electron chi connectivity index (χ0n) is 17.3. The van der Waals surface area contributed by atoms with Crippen LogP contribution < -0.4 is 14.2 Å². The van der Waals surface area contributed by atoms with E-state index in [4.69, 9.17) is 18.9 Å². The Morgan fingerprint density at radius 1 is 1.07 bits per heavy atom. The van der Waals surface area contributed by atoms with Crippen molar-refractivity contribution in [3.05, 3.63) is 53.9 Å². The first-order valence-electron chi connectivity index (χ1n) is 9.27. The van der Waals surface area contributed by atoms with Gasteiger partial charge < -0.3 is 18.9 Å². The van der Waals surface area contributed by atoms with E-state index in [9.17, 15) is 9.59 Å². The average Bonchev–Trinajstić information content (AvgIpc) is 2.75. The summed E-state index contributed by atoms with van der Waals surface area (Å²) in [6, 6.07) is 8.68. The Kier molecular flexibility index (Phi) is 11.0. The van der Waals surface area contributed by atoms with Crippen LogP contribution in [0.15, 0.2) is 42.6 Å². The minimum Gasteiger partial charge on any atom is -0.496 e. The first-order chi connectivity index (χ1) is 14.1. The molecule has 2 rings (SSSR count). The van der Waals surface area contributed by atoms with Crippen molar-refractivity contribution in [3.8, 4) is 17.2 Å². The van der Waals surface area contributed by atoms with Crippen LogP contribution in [0.25, 0.3) is 6.08 Å². The lowest BCUT2D eigenvalue weighted by atomic mass is 10.1. The molecule has 0 N–H and O–H groups in total. The molecule has 0 saturated heterocycles. The maximum Gasteiger partial charge on any atom is 0.305 e. The Morgan fingerprint density at radius 3 is 2.50 bits per heavy atom. The van der Waals surface area contributed by atoms with E-state index in [1.807, 2.05) is 0 Å². The number of nitrogens with zero attached hydrogens (tertiary/aromatic N) is 1. The molecule has 162 valence electrons. The molecule has 0 bridgehead atoms. The molecule has 0 spiro atoms. The first-order valence-corrected chi connectivity index (χ1v) is 9.27. The van der Waals surface area contributed by atoms with Crippen molar-refractivity contribution in [2.75, 3.05) is 27.4 Å². The topological polar surface area (TPSA) is 84.0 Å². The Morgan fingerprint density at radius 2 is 1.80 bits per heavy atom. The fraction of sp³-hybridized carbons (Fsp3) is 0.318. The minimum absolute atomic E-state index is 0. The summed E-state index contributed by atoms with van der Waals surface area (Å²) in [5.74, 6) is 1.01. The van der Waals surface area contributed by atoms with Gasteiger partial charge in [-0.1, -0.05) is 12.1 Å². The number of halogens is 1. The number of rotatable bonds is 11. The molecule has 0 aliphatic heterocycles. The Bertz CT molecular complexity index is 868. The number of hydrogen-bond acceptors (Lipinski definition) is 7. The van der Waals surface area contributed by atoms with Gasteiger partial charge in [0.2, 0.25) is 0 Å². The fourth-order valence-corrected chi connectivity index (χ4v) is 2.53. The van der Waals surface area contributed by atoms with Gasteiger partial charge in [-0.3, -0.25) is 14.6 Å². The number of pyridine rings is 1. The highest BCUT2D eigenvalue weighted by Gasteiger charge is 2.10. The molecular formula is C22H26ClNO6. The smallest absolute Gasteiger partial charge is 0.305 e. The van der Waals surface area contributed by atoms with Gasteiger partial charge in [-0.2, -0.15) is 0 Å². The molecule has 2 aromatic rings. The molecule has 8 heteroatoms. The predicted molar refractivity (Wildman–Crippen MR) is 116 cm³/mol. The van der Waals surface area contributed by atoms with Crippen molar-refractivity contribution < 1.29 is 28.5 Å². The molecule has 1 heterocycles. The Hall–Kier alpha value is -3.06. The zero-order chi connectivity index (χ0) is 21.1. The lowest BCUT2D eigenvalue weighted by molar-refractivity contribution is -0.143. The lowest BCUT2D eigenvalue weighted by Gasteiger charge is -2.11. The number of allylic oxidation sites excluding steroid dienone is 1. The van der Waals surface area contributed by atoms with Gasteiger partial charge in [0.15, 0.2) is 17.3 Å². The van der Waals surface area contributed by atoms with E-state index in [1.165, 1.54) is 26.5 Å². The molecule has 7 nitrogen and oxygen atoms in total. The van der Waals surface area contributed by atoms with Crippen LogP contribution in [0.4, 0.5) is 0 Å². The van der Waals surface area contributed by atoms with Crippen LogP contribution in [-0.2, 0) is 9.53 Å². The third-order valence-electron chi connectivity index (χ3n) is 3.94. The number of esters is 1. The molecule has 0 fully saturated rings. The predicted octanol–water partition coefficient (Wildman–Crippen LogP) is 4.14. The standard InChI is InChI=1S/C22H25NO6.ClH/c1-4-28-22(25)10-7-13-29-20-14-16(23-15-21(20)27-3)11-12-18(24)17-8-5-6-9-19(17)26-2;/h5-6,8-9,11-12,14-15H,4,7,10,13H2,1-3H3;1H/b12-11+;. The van der Waals surface area contributed by atoms with Gasteiger partial charge >= 0.3 is 5.97 Å². The first kappa shape index (κ1) is 25.0. The van der Waals surface area contributed by atoms with Gasteiger partial charge in [0.05, 0.1) is 44.9 Å². The number of carbonyl (C=O) groups excluding carboxylic acids is 2. The normalized spacial score (nSPS) is 10.2. The van der Waals surface area contributed by atoms with Gasteiger partial charge in [0.1, 0.15) is 5.75 Å². The van der Waals surface area contributed by atoms with E-state index in [0.29, 0.717) is 48.1 Å². The maximum atomic E-state index is 12.4. The van der Waals surface area contributed by atoms with Gasteiger partial charge in [0.25, 0.3) is 0 Å². The van der Waals surface area contributed by atoms with E-state index >= 15 is 0 Å². The van der Waals surface area contributed by atoms with Gasteiger partial charge in [-0.15, -0.1) is 12.4 Å². The molecule has 0 radical (unpaired) electrons. The zero-order valence-corrected chi connectivity index (χ0v) is 18.1. The van der Waals surface area contributed by atoms with E-state index in [1.54, 1.807) is 43.3 Å². The summed E-state index contributed by atoms with van der Waals surface area (Å²) in [4.78, 5) is 28.1. The second-order valence-corrected chi connectivity index (χ2v) is 5.91. The van der Waals surface area contributed by atoms with Crippen LogP contribution in [-0.4, -0.2) is 44.2 Å². The summed E-state index contributed by atoms with van der Waals surface area (Å²) in [7, 11) is 3.04. The molecule has 0 aliphatic carbocycles. The number of hydrogen-bond donors (Lipinski definition) is 0. The fourth-order valence-electron chi connectivity index (χ4n) is 2.53. The van der Waals surface area contributed by atoms with Gasteiger partial charge in [0, 0.05) is 12.5 Å². The lowest BCUT2D eigenvalue weighted by Crippen LogP contribution is -2.07. The van der Waals surface area contributed by atoms with Gasteiger partial charge in [-0.05, 0) is 37.6 Å². The number of methoxy groups -OCH3 is 2. The summed E-state index contributed by atoms with van der Waals surface area (Å²) in [6.45, 7) is 2.45. The number of ketones is 1. The summed E-state index contributed by atoms with van der Waals surface area (Å²) >= 11 is 0.